The Kier molecular flexibility index (Phi) is 9.13. The van der Waals surface area contributed by atoms with Crippen molar-refractivity contribution in [1.29, 1.82) is 0 Å². The van der Waals surface area contributed by atoms with E-state index >= 15 is 0 Å². The summed E-state index contributed by atoms with van der Waals surface area (Å²) in [4.78, 5) is 65.4. The molecule has 5 unspecified atom stereocenters. The van der Waals surface area contributed by atoms with Gasteiger partial charge in [-0.1, -0.05) is 19.4 Å². The smallest absolute Gasteiger partial charge is 0.338 e. The number of rotatable bonds is 11. The summed E-state index contributed by atoms with van der Waals surface area (Å²) in [5.41, 5.74) is -1.31. The minimum atomic E-state index is -1.27. The summed E-state index contributed by atoms with van der Waals surface area (Å²) in [6, 6.07) is 0. The van der Waals surface area contributed by atoms with Crippen LogP contribution in [0.25, 0.3) is 0 Å². The van der Waals surface area contributed by atoms with Gasteiger partial charge in [0, 0.05) is 62.3 Å². The molecule has 1 heterocycles. The molecule has 1 aliphatic heterocycles. The third kappa shape index (κ3) is 5.44. The number of fused-ring (bicyclic) bond motifs is 4. The van der Waals surface area contributed by atoms with Crippen molar-refractivity contribution < 1.29 is 48.4 Å². The largest absolute Gasteiger partial charge is 0.504 e. The molecule has 3 aliphatic carbocycles. The number of nitrogens with zero attached hydrogens (tertiary/aromatic N) is 1. The first-order valence-corrected chi connectivity index (χ1v) is 14.5. The summed E-state index contributed by atoms with van der Waals surface area (Å²) >= 11 is 0. The van der Waals surface area contributed by atoms with Gasteiger partial charge in [-0.3, -0.25) is 19.2 Å². The van der Waals surface area contributed by atoms with Crippen LogP contribution in [0, 0.1) is 16.7 Å². The summed E-state index contributed by atoms with van der Waals surface area (Å²) in [6.07, 6.45) is 2.82. The highest BCUT2D eigenvalue weighted by Crippen LogP contribution is 2.62. The second kappa shape index (κ2) is 12.1. The molecule has 2 N–H and O–H groups in total. The number of aliphatic hydroxyl groups is 1. The molecular weight excluding hydrogens is 546 g/mol. The minimum absolute atomic E-state index is 0.0153. The first-order valence-electron chi connectivity index (χ1n) is 14.5. The number of cyclic esters (lactones) is 1. The molecule has 4 aliphatic rings. The van der Waals surface area contributed by atoms with Crippen LogP contribution in [-0.2, 0) is 38.2 Å². The SMILES string of the molecule is COCC1OC(=O)/C(=C\CN(C)CCCCCC(=O)O)C2=C(O)C(=O)C3=C(C(OC(C)=O)CC4(C)C(=O)CCC34)C21C. The van der Waals surface area contributed by atoms with Crippen LogP contribution < -0.4 is 0 Å². The lowest BCUT2D eigenvalue weighted by molar-refractivity contribution is -0.160. The van der Waals surface area contributed by atoms with Crippen LogP contribution in [0.5, 0.6) is 0 Å². The number of ketones is 2. The molecule has 1 saturated carbocycles. The lowest BCUT2D eigenvalue weighted by Gasteiger charge is -2.53. The monoisotopic (exact) mass is 587 g/mol. The number of Topliss-reactive ketones (excluding diaryl/α,β-unsaturated/α-hetero) is 2. The average molecular weight is 588 g/mol. The number of carbonyl (C=O) groups excluding carboxylic acids is 4. The van der Waals surface area contributed by atoms with Crippen molar-refractivity contribution in [2.75, 3.05) is 33.9 Å². The number of aliphatic hydroxyl groups excluding tert-OH is 1. The maximum absolute atomic E-state index is 14.0. The van der Waals surface area contributed by atoms with E-state index in [1.807, 2.05) is 11.9 Å². The summed E-state index contributed by atoms with van der Waals surface area (Å²) in [7, 11) is 3.31. The van der Waals surface area contributed by atoms with Crippen LogP contribution in [0.15, 0.2) is 34.1 Å². The maximum atomic E-state index is 14.0. The molecule has 0 amide bonds. The standard InChI is InChI=1S/C31H41NO10/c1-17(33)41-20-15-30(2)19(10-11-21(30)34)24-26(20)31(3)22(16-40-5)42-29(39)18(25(31)28(38)27(24)37)12-14-32(4)13-8-6-7-9-23(35)36/h12,19-20,22,38H,6-11,13-16H2,1-5H3,(H,35,36)/b18-12-. The first-order chi connectivity index (χ1) is 19.8. The molecule has 230 valence electrons. The van der Waals surface area contributed by atoms with Crippen LogP contribution in [0.2, 0.25) is 0 Å². The highest BCUT2D eigenvalue weighted by atomic mass is 16.6. The zero-order chi connectivity index (χ0) is 31.0. The van der Waals surface area contributed by atoms with Gasteiger partial charge in [0.25, 0.3) is 0 Å². The molecule has 0 aromatic carbocycles. The highest BCUT2D eigenvalue weighted by Gasteiger charge is 2.64. The highest BCUT2D eigenvalue weighted by molar-refractivity contribution is 6.14. The van der Waals surface area contributed by atoms with E-state index in [0.717, 1.165) is 12.8 Å². The van der Waals surface area contributed by atoms with Gasteiger partial charge in [0.2, 0.25) is 5.78 Å². The molecule has 42 heavy (non-hydrogen) atoms. The van der Waals surface area contributed by atoms with Gasteiger partial charge in [-0.05, 0) is 45.4 Å². The van der Waals surface area contributed by atoms with Gasteiger partial charge < -0.3 is 29.3 Å². The third-order valence-electron chi connectivity index (χ3n) is 9.46. The number of likely N-dealkylation sites (N-methyl/N-ethyl adjacent to an activating group) is 1. The average Bonchev–Trinajstić information content (AvgIpc) is 3.20. The topological polar surface area (TPSA) is 157 Å². The molecule has 0 radical (unpaired) electrons. The second-order valence-corrected chi connectivity index (χ2v) is 12.3. The Labute approximate surface area is 245 Å². The molecule has 1 saturated heterocycles. The molecule has 0 spiro atoms. The van der Waals surface area contributed by atoms with Crippen LogP contribution in [0.1, 0.15) is 65.7 Å². The number of methoxy groups -OCH3 is 1. The normalized spacial score (nSPS) is 31.7. The van der Waals surface area contributed by atoms with E-state index in [1.165, 1.54) is 14.0 Å². The van der Waals surface area contributed by atoms with Crippen molar-refractivity contribution in [2.45, 2.75) is 77.9 Å². The quantitative estimate of drug-likeness (QED) is 0.208. The van der Waals surface area contributed by atoms with Gasteiger partial charge in [-0.25, -0.2) is 4.79 Å². The fraction of sp³-hybridized carbons (Fsp3) is 0.645. The molecule has 2 fully saturated rings. The van der Waals surface area contributed by atoms with Gasteiger partial charge >= 0.3 is 17.9 Å². The Morgan fingerprint density at radius 3 is 2.52 bits per heavy atom. The van der Waals surface area contributed by atoms with Crippen molar-refractivity contribution >= 4 is 29.5 Å². The summed E-state index contributed by atoms with van der Waals surface area (Å²) < 4.78 is 17.1. The van der Waals surface area contributed by atoms with Gasteiger partial charge in [-0.2, -0.15) is 0 Å². The molecule has 0 bridgehead atoms. The maximum Gasteiger partial charge on any atom is 0.338 e. The van der Waals surface area contributed by atoms with Gasteiger partial charge in [-0.15, -0.1) is 0 Å². The zero-order valence-corrected chi connectivity index (χ0v) is 25.0. The van der Waals surface area contributed by atoms with E-state index in [0.29, 0.717) is 31.5 Å². The lowest BCUT2D eigenvalue weighted by Crippen LogP contribution is -2.57. The minimum Gasteiger partial charge on any atom is -0.504 e. The molecule has 5 atom stereocenters. The fourth-order valence-corrected chi connectivity index (χ4v) is 7.32. The Hall–Kier alpha value is -3.31. The number of carboxylic acids is 1. The predicted octanol–water partition coefficient (Wildman–Crippen LogP) is 3.08. The van der Waals surface area contributed by atoms with Crippen molar-refractivity contribution in [3.05, 3.63) is 34.1 Å². The number of hydrogen-bond donors (Lipinski definition) is 2. The third-order valence-corrected chi connectivity index (χ3v) is 9.46. The van der Waals surface area contributed by atoms with Crippen LogP contribution in [-0.4, -0.2) is 90.6 Å². The van der Waals surface area contributed by atoms with Gasteiger partial charge in [0.05, 0.1) is 17.6 Å². The zero-order valence-electron chi connectivity index (χ0n) is 25.0. The fourth-order valence-electron chi connectivity index (χ4n) is 7.32. The molecule has 11 nitrogen and oxygen atoms in total. The molecule has 4 rings (SSSR count). The van der Waals surface area contributed by atoms with Crippen molar-refractivity contribution in [3.8, 4) is 0 Å². The van der Waals surface area contributed by atoms with Crippen LogP contribution in [0.3, 0.4) is 0 Å². The Bertz CT molecular complexity index is 1280. The van der Waals surface area contributed by atoms with E-state index in [9.17, 15) is 29.1 Å². The van der Waals surface area contributed by atoms with Crippen molar-refractivity contribution in [2.24, 2.45) is 16.7 Å². The Balaban J connectivity index is 1.76. The summed E-state index contributed by atoms with van der Waals surface area (Å²) in [6.45, 7) is 5.73. The van der Waals surface area contributed by atoms with Gasteiger partial charge in [0.1, 0.15) is 18.0 Å². The number of allylic oxidation sites excluding steroid dienone is 1. The van der Waals surface area contributed by atoms with Crippen LogP contribution in [0.4, 0.5) is 0 Å². The first kappa shape index (κ1) is 31.6. The number of hydrogen-bond acceptors (Lipinski definition) is 10. The van der Waals surface area contributed by atoms with Crippen molar-refractivity contribution in [3.63, 3.8) is 0 Å². The number of carbonyl (C=O) groups is 5. The Morgan fingerprint density at radius 2 is 1.88 bits per heavy atom. The predicted molar refractivity (Wildman–Crippen MR) is 149 cm³/mol. The molecule has 0 aromatic rings. The summed E-state index contributed by atoms with van der Waals surface area (Å²) in [5.74, 6) is -3.83. The van der Waals surface area contributed by atoms with E-state index in [2.05, 4.69) is 0 Å². The van der Waals surface area contributed by atoms with E-state index < -0.39 is 58.4 Å². The second-order valence-electron chi connectivity index (χ2n) is 12.3. The molecular formula is C31H41NO10. The van der Waals surface area contributed by atoms with E-state index in [4.69, 9.17) is 19.3 Å². The molecule has 11 heteroatoms. The van der Waals surface area contributed by atoms with Crippen molar-refractivity contribution in [1.82, 2.24) is 4.90 Å². The van der Waals surface area contributed by atoms with E-state index in [-0.39, 0.29) is 48.4 Å². The van der Waals surface area contributed by atoms with E-state index in [1.54, 1.807) is 19.9 Å². The number of esters is 2. The number of carboxylic acid groups (broad SMARTS) is 1. The van der Waals surface area contributed by atoms with Crippen LogP contribution >= 0.6 is 0 Å². The Morgan fingerprint density at radius 1 is 1.17 bits per heavy atom. The summed E-state index contributed by atoms with van der Waals surface area (Å²) in [5, 5.41) is 20.4. The number of ether oxygens (including phenoxy) is 3. The lowest BCUT2D eigenvalue weighted by atomic mass is 9.53. The number of aliphatic carboxylic acids is 1. The molecule has 0 aromatic heterocycles. The van der Waals surface area contributed by atoms with Gasteiger partial charge in [0.15, 0.2) is 5.76 Å². The number of unbranched alkanes of at least 4 members (excludes halogenated alkanes) is 2.